The van der Waals surface area contributed by atoms with Crippen LogP contribution in [0.25, 0.3) is 11.1 Å². The second-order valence-electron chi connectivity index (χ2n) is 9.95. The minimum absolute atomic E-state index is 0.108. The second-order valence-corrected chi connectivity index (χ2v) is 10.7. The van der Waals surface area contributed by atoms with Gasteiger partial charge in [0.15, 0.2) is 11.6 Å². The van der Waals surface area contributed by atoms with Crippen LogP contribution in [0.3, 0.4) is 0 Å². The Balaban J connectivity index is 1.74. The Bertz CT molecular complexity index is 1280. The number of anilines is 1. The summed E-state index contributed by atoms with van der Waals surface area (Å²) in [5, 5.41) is 7.67. The number of nitrogen functional groups attached to an aromatic ring is 1. The molecule has 0 spiro atoms. The van der Waals surface area contributed by atoms with Gasteiger partial charge in [0.25, 0.3) is 0 Å². The number of nitrogens with two attached hydrogens (primary N) is 1. The summed E-state index contributed by atoms with van der Waals surface area (Å²) in [4.78, 5) is 19.7. The molecule has 3 N–H and O–H groups in total. The summed E-state index contributed by atoms with van der Waals surface area (Å²) in [5.41, 5.74) is 6.87. The van der Waals surface area contributed by atoms with Crippen LogP contribution in [0.5, 0.6) is 5.75 Å². The van der Waals surface area contributed by atoms with Crippen LogP contribution >= 0.6 is 23.2 Å². The second kappa shape index (κ2) is 13.5. The Hall–Kier alpha value is -2.88. The molecule has 0 bridgehead atoms. The van der Waals surface area contributed by atoms with Crippen molar-refractivity contribution in [2.45, 2.75) is 59.1 Å². The number of pyridine rings is 1. The van der Waals surface area contributed by atoms with Gasteiger partial charge in [-0.15, -0.1) is 0 Å². The molecule has 0 aliphatic rings. The van der Waals surface area contributed by atoms with Gasteiger partial charge in [-0.1, -0.05) is 37.0 Å². The van der Waals surface area contributed by atoms with Crippen LogP contribution in [0.1, 0.15) is 59.1 Å². The van der Waals surface area contributed by atoms with E-state index in [2.05, 4.69) is 34.1 Å². The molecular weight excluding hydrogens is 542 g/mol. The molecule has 0 saturated carbocycles. The first kappa shape index (κ1) is 30.7. The van der Waals surface area contributed by atoms with E-state index in [1.54, 1.807) is 36.3 Å². The van der Waals surface area contributed by atoms with Crippen LogP contribution in [0.15, 0.2) is 36.8 Å². The predicted octanol–water partition coefficient (Wildman–Crippen LogP) is 6.09. The molecule has 0 fully saturated rings. The number of nitrogens with zero attached hydrogens (tertiary/aromatic N) is 4. The van der Waals surface area contributed by atoms with Gasteiger partial charge in [-0.05, 0) is 64.9 Å². The molecule has 2 heterocycles. The highest BCUT2D eigenvalue weighted by Gasteiger charge is 2.30. The van der Waals surface area contributed by atoms with E-state index in [1.807, 2.05) is 13.8 Å². The first-order valence-corrected chi connectivity index (χ1v) is 13.9. The molecule has 3 rings (SSSR count). The summed E-state index contributed by atoms with van der Waals surface area (Å²) in [7, 11) is 0. The Kier molecular flexibility index (Phi) is 10.6. The van der Waals surface area contributed by atoms with Gasteiger partial charge in [-0.25, -0.2) is 9.37 Å². The molecule has 8 nitrogen and oxygen atoms in total. The zero-order valence-corrected chi connectivity index (χ0v) is 24.6. The van der Waals surface area contributed by atoms with Crippen molar-refractivity contribution in [3.05, 3.63) is 58.2 Å². The van der Waals surface area contributed by atoms with E-state index < -0.39 is 17.5 Å². The number of hydrogen-bond acceptors (Lipinski definition) is 6. The highest BCUT2D eigenvalue weighted by atomic mass is 35.5. The van der Waals surface area contributed by atoms with Gasteiger partial charge in [0.2, 0.25) is 5.91 Å². The maximum atomic E-state index is 14.0. The number of carbonyl (C=O) groups excluding carboxylic acids is 1. The fraction of sp³-hybridized carbons (Fsp3) is 0.464. The minimum atomic E-state index is -0.918. The van der Waals surface area contributed by atoms with Crippen LogP contribution in [-0.4, -0.2) is 51.8 Å². The van der Waals surface area contributed by atoms with Gasteiger partial charge in [-0.2, -0.15) is 5.10 Å². The monoisotopic (exact) mass is 578 g/mol. The fourth-order valence-electron chi connectivity index (χ4n) is 4.27. The molecule has 3 aromatic rings. The van der Waals surface area contributed by atoms with Crippen LogP contribution in [0.2, 0.25) is 10.0 Å². The summed E-state index contributed by atoms with van der Waals surface area (Å²) in [6.07, 6.45) is 6.48. The quantitative estimate of drug-likeness (QED) is 0.238. The van der Waals surface area contributed by atoms with Gasteiger partial charge >= 0.3 is 0 Å². The molecule has 11 heteroatoms. The molecule has 0 aliphatic carbocycles. The van der Waals surface area contributed by atoms with E-state index in [-0.39, 0.29) is 27.5 Å². The smallest absolute Gasteiger partial charge is 0.247 e. The number of carbonyl (C=O) groups is 1. The number of halogens is 3. The van der Waals surface area contributed by atoms with Gasteiger partial charge in [-0.3, -0.25) is 9.48 Å². The molecule has 0 aliphatic heterocycles. The Labute approximate surface area is 239 Å². The maximum Gasteiger partial charge on any atom is 0.247 e. The van der Waals surface area contributed by atoms with Gasteiger partial charge in [0.05, 0.1) is 11.2 Å². The lowest BCUT2D eigenvalue weighted by atomic mass is 10.0. The molecule has 212 valence electrons. The Morgan fingerprint density at radius 2 is 1.87 bits per heavy atom. The molecule has 2 aromatic heterocycles. The molecule has 1 unspecified atom stereocenters. The Morgan fingerprint density at radius 1 is 1.18 bits per heavy atom. The molecular formula is C28H37Cl2FN6O2. The maximum absolute atomic E-state index is 14.0. The first-order valence-electron chi connectivity index (χ1n) is 13.1. The van der Waals surface area contributed by atoms with Crippen LogP contribution in [-0.2, 0) is 10.3 Å². The summed E-state index contributed by atoms with van der Waals surface area (Å²) in [6, 6.07) is 4.34. The summed E-state index contributed by atoms with van der Waals surface area (Å²) >= 11 is 12.4. The van der Waals surface area contributed by atoms with Crippen LogP contribution < -0.4 is 15.8 Å². The fourth-order valence-corrected chi connectivity index (χ4v) is 4.94. The normalized spacial score (nSPS) is 12.5. The van der Waals surface area contributed by atoms with Crippen LogP contribution in [0, 0.1) is 5.82 Å². The van der Waals surface area contributed by atoms with Gasteiger partial charge in [0.1, 0.15) is 17.5 Å². The third-order valence-corrected chi connectivity index (χ3v) is 7.22. The molecule has 0 radical (unpaired) electrons. The highest BCUT2D eigenvalue weighted by molar-refractivity contribution is 6.36. The van der Waals surface area contributed by atoms with Crippen molar-refractivity contribution in [3.8, 4) is 16.9 Å². The molecule has 1 atom stereocenters. The number of ether oxygens (including phenoxy) is 1. The lowest BCUT2D eigenvalue weighted by molar-refractivity contribution is -0.128. The number of aromatic nitrogens is 3. The van der Waals surface area contributed by atoms with Crippen molar-refractivity contribution >= 4 is 34.9 Å². The zero-order valence-electron chi connectivity index (χ0n) is 23.1. The van der Waals surface area contributed by atoms with Gasteiger partial charge in [0, 0.05) is 47.2 Å². The Morgan fingerprint density at radius 3 is 2.54 bits per heavy atom. The van der Waals surface area contributed by atoms with Crippen molar-refractivity contribution in [1.82, 2.24) is 25.0 Å². The van der Waals surface area contributed by atoms with Crippen molar-refractivity contribution < 1.29 is 13.9 Å². The summed E-state index contributed by atoms with van der Waals surface area (Å²) in [6.45, 7) is 13.0. The SMILES string of the molecule is CCCN(CCC)CCNC(=O)C(C)(C)n1cc(-c2cnc(N)c(OC(C)c3c(Cl)ccc(F)c3Cl)c2)cn1. The molecule has 39 heavy (non-hydrogen) atoms. The summed E-state index contributed by atoms with van der Waals surface area (Å²) in [5.74, 6) is -0.279. The summed E-state index contributed by atoms with van der Waals surface area (Å²) < 4.78 is 21.6. The molecule has 0 saturated heterocycles. The van der Waals surface area contributed by atoms with Crippen molar-refractivity contribution in [2.75, 3.05) is 31.9 Å². The number of nitrogens with one attached hydrogen (secondary N) is 1. The van der Waals surface area contributed by atoms with E-state index in [1.165, 1.54) is 12.1 Å². The van der Waals surface area contributed by atoms with E-state index >= 15 is 0 Å². The number of rotatable bonds is 13. The largest absolute Gasteiger partial charge is 0.482 e. The van der Waals surface area contributed by atoms with Crippen LogP contribution in [0.4, 0.5) is 10.2 Å². The first-order chi connectivity index (χ1) is 18.5. The highest BCUT2D eigenvalue weighted by Crippen LogP contribution is 2.37. The average Bonchev–Trinajstić information content (AvgIpc) is 3.39. The zero-order chi connectivity index (χ0) is 28.7. The van der Waals surface area contributed by atoms with Crippen molar-refractivity contribution in [1.29, 1.82) is 0 Å². The topological polar surface area (TPSA) is 98.3 Å². The average molecular weight is 580 g/mol. The minimum Gasteiger partial charge on any atom is -0.482 e. The molecule has 1 amide bonds. The lowest BCUT2D eigenvalue weighted by Crippen LogP contribution is -2.47. The van der Waals surface area contributed by atoms with E-state index in [9.17, 15) is 9.18 Å². The van der Waals surface area contributed by atoms with Gasteiger partial charge < -0.3 is 20.7 Å². The lowest BCUT2D eigenvalue weighted by Gasteiger charge is -2.26. The third-order valence-electron chi connectivity index (χ3n) is 6.51. The number of hydrogen-bond donors (Lipinski definition) is 2. The van der Waals surface area contributed by atoms with E-state index in [4.69, 9.17) is 33.7 Å². The van der Waals surface area contributed by atoms with E-state index in [0.717, 1.165) is 38.0 Å². The standard InChI is InChI=1S/C28H37Cl2FN6O2/c1-6-11-36(12-7-2)13-10-33-27(38)28(4,5)37-17-20(16-35-37)19-14-23(26(32)34-15-19)39-18(3)24-21(29)8-9-22(31)25(24)30/h8-9,14-18H,6-7,10-13H2,1-5H3,(H2,32,34)(H,33,38). The molecule has 1 aromatic carbocycles. The predicted molar refractivity (Wildman–Crippen MR) is 155 cm³/mol. The third kappa shape index (κ3) is 7.41. The number of amides is 1. The number of benzene rings is 1. The van der Waals surface area contributed by atoms with E-state index in [0.29, 0.717) is 17.7 Å². The van der Waals surface area contributed by atoms with Crippen molar-refractivity contribution in [2.24, 2.45) is 0 Å². The van der Waals surface area contributed by atoms with Crippen molar-refractivity contribution in [3.63, 3.8) is 0 Å².